The fourth-order valence-corrected chi connectivity index (χ4v) is 3.60. The van der Waals surface area contributed by atoms with E-state index in [1.165, 1.54) is 12.1 Å². The highest BCUT2D eigenvalue weighted by Gasteiger charge is 2.22. The number of ether oxygens (including phenoxy) is 1. The number of carbonyl (C=O) groups is 1. The monoisotopic (exact) mass is 382 g/mol. The minimum Gasteiger partial charge on any atom is -0.378 e. The molecule has 1 aliphatic heterocycles. The third-order valence-corrected chi connectivity index (χ3v) is 4.92. The summed E-state index contributed by atoms with van der Waals surface area (Å²) in [5, 5.41) is 4.73. The van der Waals surface area contributed by atoms with Crippen LogP contribution in [0.2, 0.25) is 0 Å². The standard InChI is InChI=1S/C22H20F2N2O2/c1-14-3-2-4-18-20(25-17-12-15(23)11-16(24)13-17)6-5-19(21(14)18)22(27)26-7-9-28-10-8-26/h2-6,11-13,25H,7-10H2,1H3. The van der Waals surface area contributed by atoms with Crippen molar-refractivity contribution in [2.75, 3.05) is 31.6 Å². The van der Waals surface area contributed by atoms with Crippen LogP contribution in [0.15, 0.2) is 48.5 Å². The zero-order valence-electron chi connectivity index (χ0n) is 15.5. The second kappa shape index (κ2) is 7.56. The van der Waals surface area contributed by atoms with E-state index in [-0.39, 0.29) is 5.91 Å². The lowest BCUT2D eigenvalue weighted by atomic mass is 9.97. The Morgan fingerprint density at radius 2 is 1.75 bits per heavy atom. The maximum absolute atomic E-state index is 13.5. The molecule has 28 heavy (non-hydrogen) atoms. The summed E-state index contributed by atoms with van der Waals surface area (Å²) in [5.41, 5.74) is 2.57. The van der Waals surface area contributed by atoms with Crippen molar-refractivity contribution >= 4 is 28.1 Å². The molecule has 0 bridgehead atoms. The Morgan fingerprint density at radius 1 is 1.04 bits per heavy atom. The number of aryl methyl sites for hydroxylation is 1. The van der Waals surface area contributed by atoms with E-state index in [1.54, 1.807) is 17.0 Å². The van der Waals surface area contributed by atoms with Crippen LogP contribution in [0, 0.1) is 18.6 Å². The molecule has 1 saturated heterocycles. The highest BCUT2D eigenvalue weighted by atomic mass is 19.1. The average molecular weight is 382 g/mol. The summed E-state index contributed by atoms with van der Waals surface area (Å²) < 4.78 is 32.4. The normalized spacial score (nSPS) is 14.3. The van der Waals surface area contributed by atoms with Gasteiger partial charge in [-0.25, -0.2) is 8.78 Å². The number of hydrogen-bond acceptors (Lipinski definition) is 3. The van der Waals surface area contributed by atoms with Gasteiger partial charge in [-0.15, -0.1) is 0 Å². The average Bonchev–Trinajstić information content (AvgIpc) is 2.68. The highest BCUT2D eigenvalue weighted by Crippen LogP contribution is 2.32. The number of nitrogens with zero attached hydrogens (tertiary/aromatic N) is 1. The Hall–Kier alpha value is -2.99. The van der Waals surface area contributed by atoms with Gasteiger partial charge in [-0.05, 0) is 42.1 Å². The molecule has 0 aliphatic carbocycles. The van der Waals surface area contributed by atoms with Crippen LogP contribution in [-0.2, 0) is 4.74 Å². The molecule has 6 heteroatoms. The molecule has 1 N–H and O–H groups in total. The number of carbonyl (C=O) groups excluding carboxylic acids is 1. The number of amides is 1. The van der Waals surface area contributed by atoms with Gasteiger partial charge in [0.1, 0.15) is 11.6 Å². The van der Waals surface area contributed by atoms with Crippen molar-refractivity contribution in [3.8, 4) is 0 Å². The van der Waals surface area contributed by atoms with E-state index in [0.717, 1.165) is 22.4 Å². The number of hydrogen-bond donors (Lipinski definition) is 1. The Kier molecular flexibility index (Phi) is 4.96. The van der Waals surface area contributed by atoms with E-state index >= 15 is 0 Å². The quantitative estimate of drug-likeness (QED) is 0.717. The van der Waals surface area contributed by atoms with Crippen molar-refractivity contribution in [1.82, 2.24) is 4.90 Å². The Bertz CT molecular complexity index is 1030. The first-order valence-corrected chi connectivity index (χ1v) is 9.15. The zero-order valence-corrected chi connectivity index (χ0v) is 15.5. The highest BCUT2D eigenvalue weighted by molar-refractivity contribution is 6.11. The van der Waals surface area contributed by atoms with E-state index in [2.05, 4.69) is 5.32 Å². The largest absolute Gasteiger partial charge is 0.378 e. The van der Waals surface area contributed by atoms with Crippen LogP contribution in [0.1, 0.15) is 15.9 Å². The molecule has 1 amide bonds. The summed E-state index contributed by atoms with van der Waals surface area (Å²) >= 11 is 0. The van der Waals surface area contributed by atoms with Gasteiger partial charge in [0, 0.05) is 41.5 Å². The van der Waals surface area contributed by atoms with Crippen LogP contribution in [-0.4, -0.2) is 37.1 Å². The summed E-state index contributed by atoms with van der Waals surface area (Å²) in [6, 6.07) is 12.6. The van der Waals surface area contributed by atoms with Crippen molar-refractivity contribution in [1.29, 1.82) is 0 Å². The molecule has 1 fully saturated rings. The number of halogens is 2. The fourth-order valence-electron chi connectivity index (χ4n) is 3.60. The van der Waals surface area contributed by atoms with Crippen molar-refractivity contribution < 1.29 is 18.3 Å². The number of morpholine rings is 1. The van der Waals surface area contributed by atoms with Gasteiger partial charge in [-0.1, -0.05) is 18.2 Å². The van der Waals surface area contributed by atoms with Crippen LogP contribution in [0.5, 0.6) is 0 Å². The molecule has 3 aromatic rings. The summed E-state index contributed by atoms with van der Waals surface area (Å²) in [5.74, 6) is -1.34. The van der Waals surface area contributed by atoms with Gasteiger partial charge in [-0.2, -0.15) is 0 Å². The van der Waals surface area contributed by atoms with Crippen molar-refractivity contribution in [2.45, 2.75) is 6.92 Å². The summed E-state index contributed by atoms with van der Waals surface area (Å²) in [7, 11) is 0. The first kappa shape index (κ1) is 18.4. The maximum atomic E-state index is 13.5. The fraction of sp³-hybridized carbons (Fsp3) is 0.227. The predicted octanol–water partition coefficient (Wildman–Crippen LogP) is 4.64. The number of fused-ring (bicyclic) bond motifs is 1. The Labute approximate surface area is 161 Å². The zero-order chi connectivity index (χ0) is 19.7. The predicted molar refractivity (Wildman–Crippen MR) is 105 cm³/mol. The summed E-state index contributed by atoms with van der Waals surface area (Å²) in [6.45, 7) is 4.15. The van der Waals surface area contributed by atoms with E-state index in [0.29, 0.717) is 43.2 Å². The molecular weight excluding hydrogens is 362 g/mol. The van der Waals surface area contributed by atoms with Crippen molar-refractivity contribution in [3.05, 3.63) is 71.3 Å². The molecule has 0 unspecified atom stereocenters. The van der Waals surface area contributed by atoms with Crippen molar-refractivity contribution in [3.63, 3.8) is 0 Å². The van der Waals surface area contributed by atoms with Crippen molar-refractivity contribution in [2.24, 2.45) is 0 Å². The number of rotatable bonds is 3. The molecule has 0 radical (unpaired) electrons. The minimum atomic E-state index is -0.651. The van der Waals surface area contributed by atoms with Gasteiger partial charge < -0.3 is 15.0 Å². The smallest absolute Gasteiger partial charge is 0.254 e. The van der Waals surface area contributed by atoms with Gasteiger partial charge in [-0.3, -0.25) is 4.79 Å². The van der Waals surface area contributed by atoms with Crippen LogP contribution in [0.3, 0.4) is 0 Å². The number of nitrogens with one attached hydrogen (secondary N) is 1. The molecular formula is C22H20F2N2O2. The van der Waals surface area contributed by atoms with Gasteiger partial charge in [0.15, 0.2) is 0 Å². The van der Waals surface area contributed by atoms with Crippen LogP contribution in [0.4, 0.5) is 20.2 Å². The lowest BCUT2D eigenvalue weighted by Gasteiger charge is -2.27. The number of anilines is 2. The van der Waals surface area contributed by atoms with Crippen LogP contribution in [0.25, 0.3) is 10.8 Å². The molecule has 0 atom stereocenters. The van der Waals surface area contributed by atoms with Gasteiger partial charge in [0.05, 0.1) is 13.2 Å². The third-order valence-electron chi connectivity index (χ3n) is 4.92. The molecule has 0 aromatic heterocycles. The molecule has 1 heterocycles. The second-order valence-electron chi connectivity index (χ2n) is 6.85. The van der Waals surface area contributed by atoms with Crippen LogP contribution < -0.4 is 5.32 Å². The minimum absolute atomic E-state index is 0.0362. The molecule has 4 nitrogen and oxygen atoms in total. The third kappa shape index (κ3) is 3.55. The first-order valence-electron chi connectivity index (χ1n) is 9.15. The molecule has 3 aromatic carbocycles. The molecule has 1 aliphatic rings. The van der Waals surface area contributed by atoms with Gasteiger partial charge in [0.2, 0.25) is 0 Å². The van der Waals surface area contributed by atoms with Gasteiger partial charge in [0.25, 0.3) is 5.91 Å². The topological polar surface area (TPSA) is 41.6 Å². The SMILES string of the molecule is Cc1cccc2c(Nc3cc(F)cc(F)c3)ccc(C(=O)N3CCOCC3)c12. The Balaban J connectivity index is 1.78. The molecule has 4 rings (SSSR count). The Morgan fingerprint density at radius 3 is 2.46 bits per heavy atom. The first-order chi connectivity index (χ1) is 13.5. The van der Waals surface area contributed by atoms with E-state index < -0.39 is 11.6 Å². The maximum Gasteiger partial charge on any atom is 0.254 e. The lowest BCUT2D eigenvalue weighted by molar-refractivity contribution is 0.0304. The second-order valence-corrected chi connectivity index (χ2v) is 6.85. The molecule has 144 valence electrons. The molecule has 0 saturated carbocycles. The van der Waals surface area contributed by atoms with E-state index in [4.69, 9.17) is 4.74 Å². The van der Waals surface area contributed by atoms with E-state index in [1.807, 2.05) is 25.1 Å². The van der Waals surface area contributed by atoms with Gasteiger partial charge >= 0.3 is 0 Å². The number of benzene rings is 3. The summed E-state index contributed by atoms with van der Waals surface area (Å²) in [4.78, 5) is 14.9. The summed E-state index contributed by atoms with van der Waals surface area (Å²) in [6.07, 6.45) is 0. The van der Waals surface area contributed by atoms with Crippen LogP contribution >= 0.6 is 0 Å². The molecule has 0 spiro atoms. The lowest BCUT2D eigenvalue weighted by Crippen LogP contribution is -2.40. The van der Waals surface area contributed by atoms with E-state index in [9.17, 15) is 13.6 Å².